The smallest absolute Gasteiger partial charge is 0.173 e. The van der Waals surface area contributed by atoms with Crippen molar-refractivity contribution in [3.63, 3.8) is 0 Å². The highest BCUT2D eigenvalue weighted by Crippen LogP contribution is 2.81. The van der Waals surface area contributed by atoms with Crippen LogP contribution in [-0.2, 0) is 11.1 Å². The number of methoxy groups -OCH3 is 1. The highest BCUT2D eigenvalue weighted by Gasteiger charge is 2.85. The fourth-order valence-corrected chi connectivity index (χ4v) is 9.64. The summed E-state index contributed by atoms with van der Waals surface area (Å²) in [5.74, 6) is 0.339. The van der Waals surface area contributed by atoms with Crippen LogP contribution in [0, 0.1) is 5.41 Å². The zero-order valence-corrected chi connectivity index (χ0v) is 22.4. The van der Waals surface area contributed by atoms with Gasteiger partial charge in [0.2, 0.25) is 0 Å². The summed E-state index contributed by atoms with van der Waals surface area (Å²) in [7, 11) is 3.79. The van der Waals surface area contributed by atoms with Gasteiger partial charge in [0.1, 0.15) is 11.4 Å². The van der Waals surface area contributed by atoms with Gasteiger partial charge < -0.3 is 9.84 Å². The Bertz CT molecular complexity index is 1950. The summed E-state index contributed by atoms with van der Waals surface area (Å²) in [6.45, 7) is 0.627. The number of Topliss-reactive ketones (excluding diaryl/α,β-unsaturated/α-hetero) is 1. The zero-order chi connectivity index (χ0) is 27.0. The van der Waals surface area contributed by atoms with Crippen LogP contribution in [0.1, 0.15) is 51.0 Å². The normalized spacial score (nSPS) is 31.4. The van der Waals surface area contributed by atoms with Gasteiger partial charge in [0.25, 0.3) is 0 Å². The third-order valence-corrected chi connectivity index (χ3v) is 10.8. The standard InChI is InChI=1S/C35H28N2O3/c1-37-19-27(22-12-4-6-16-29(22)40-2)33-18-26(31-23(32(33)38)17-21-9-3-5-15-28(21)36-31)34(39)24-13-7-10-20-11-8-14-25(30(20)24)35(33,34)37/h3-17,26-27,39H,18-19H2,1-2H3/t26-,27+,33-,34-,35+/m0/s1. The minimum Gasteiger partial charge on any atom is -0.496 e. The third kappa shape index (κ3) is 2.15. The van der Waals surface area contributed by atoms with Crippen LogP contribution >= 0.6 is 0 Å². The average molecular weight is 525 g/mol. The third-order valence-electron chi connectivity index (χ3n) is 10.8. The molecule has 1 N–H and O–H groups in total. The van der Waals surface area contributed by atoms with Crippen LogP contribution in [0.2, 0.25) is 0 Å². The lowest BCUT2D eigenvalue weighted by atomic mass is 9.57. The number of hydrogen-bond acceptors (Lipinski definition) is 5. The van der Waals surface area contributed by atoms with E-state index in [4.69, 9.17) is 9.72 Å². The van der Waals surface area contributed by atoms with Crippen LogP contribution in [0.5, 0.6) is 5.75 Å². The van der Waals surface area contributed by atoms with Crippen molar-refractivity contribution in [1.82, 2.24) is 9.88 Å². The van der Waals surface area contributed by atoms with E-state index in [0.717, 1.165) is 49.8 Å². The van der Waals surface area contributed by atoms with Crippen molar-refractivity contribution < 1.29 is 14.6 Å². The fraction of sp³-hybridized carbons (Fsp3) is 0.257. The molecule has 2 spiro atoms. The number of carbonyl (C=O) groups excluding carboxylic acids is 1. The molecule has 5 heteroatoms. The van der Waals surface area contributed by atoms with Crippen molar-refractivity contribution in [2.75, 3.05) is 20.7 Å². The fourth-order valence-electron chi connectivity index (χ4n) is 9.64. The van der Waals surface area contributed by atoms with Crippen LogP contribution in [0.25, 0.3) is 21.7 Å². The van der Waals surface area contributed by atoms with Crippen molar-refractivity contribution >= 4 is 27.5 Å². The summed E-state index contributed by atoms with van der Waals surface area (Å²) in [5.41, 5.74) is 2.00. The van der Waals surface area contributed by atoms with E-state index in [1.165, 1.54) is 0 Å². The molecule has 0 unspecified atom stereocenters. The molecule has 3 aliphatic carbocycles. The van der Waals surface area contributed by atoms with Crippen molar-refractivity contribution in [3.8, 4) is 5.75 Å². The molecule has 2 bridgehead atoms. The number of benzene rings is 4. The van der Waals surface area contributed by atoms with E-state index >= 15 is 4.79 Å². The van der Waals surface area contributed by atoms with E-state index in [9.17, 15) is 5.11 Å². The summed E-state index contributed by atoms with van der Waals surface area (Å²) >= 11 is 0. The minimum absolute atomic E-state index is 0.0815. The van der Waals surface area contributed by atoms with E-state index in [2.05, 4.69) is 48.3 Å². The first-order valence-corrected chi connectivity index (χ1v) is 14.0. The van der Waals surface area contributed by atoms with Gasteiger partial charge in [-0.25, -0.2) is 0 Å². The molecule has 2 fully saturated rings. The predicted molar refractivity (Wildman–Crippen MR) is 154 cm³/mol. The first-order valence-electron chi connectivity index (χ1n) is 14.0. The van der Waals surface area contributed by atoms with Gasteiger partial charge in [0.15, 0.2) is 5.78 Å². The lowest BCUT2D eigenvalue weighted by molar-refractivity contribution is -0.104. The quantitative estimate of drug-likeness (QED) is 0.312. The van der Waals surface area contributed by atoms with Crippen LogP contribution in [0.15, 0.2) is 91.0 Å². The van der Waals surface area contributed by atoms with Gasteiger partial charge in [-0.1, -0.05) is 72.8 Å². The molecule has 5 aromatic rings. The molecular formula is C35H28N2O3. The number of aliphatic hydroxyl groups is 1. The summed E-state index contributed by atoms with van der Waals surface area (Å²) in [4.78, 5) is 22.8. The number of hydrogen-bond donors (Lipinski definition) is 1. The Morgan fingerprint density at radius 3 is 2.45 bits per heavy atom. The van der Waals surface area contributed by atoms with Gasteiger partial charge in [-0.2, -0.15) is 0 Å². The van der Waals surface area contributed by atoms with Gasteiger partial charge in [0, 0.05) is 29.3 Å². The van der Waals surface area contributed by atoms with Gasteiger partial charge in [-0.05, 0) is 59.1 Å². The second-order valence-corrected chi connectivity index (χ2v) is 12.0. The van der Waals surface area contributed by atoms with Gasteiger partial charge in [0.05, 0.1) is 29.3 Å². The van der Waals surface area contributed by atoms with Crippen molar-refractivity contribution in [3.05, 3.63) is 119 Å². The molecule has 40 heavy (non-hydrogen) atoms. The molecule has 1 saturated heterocycles. The molecule has 0 amide bonds. The van der Waals surface area contributed by atoms with Crippen LogP contribution in [0.3, 0.4) is 0 Å². The largest absolute Gasteiger partial charge is 0.496 e. The number of ketones is 1. The Hall–Kier alpha value is -4.06. The number of rotatable bonds is 2. The second-order valence-electron chi connectivity index (χ2n) is 12.0. The zero-order valence-electron chi connectivity index (χ0n) is 22.4. The maximum atomic E-state index is 15.4. The van der Waals surface area contributed by atoms with Gasteiger partial charge in [-0.15, -0.1) is 0 Å². The molecule has 0 radical (unpaired) electrons. The molecule has 4 aliphatic rings. The number of ether oxygens (including phenoxy) is 1. The van der Waals surface area contributed by atoms with Crippen LogP contribution in [-0.4, -0.2) is 41.5 Å². The first kappa shape index (κ1) is 22.7. The van der Waals surface area contributed by atoms with E-state index < -0.39 is 16.6 Å². The molecule has 1 aromatic heterocycles. The molecule has 1 saturated carbocycles. The minimum atomic E-state index is -1.34. The summed E-state index contributed by atoms with van der Waals surface area (Å²) in [6.07, 6.45) is 0.526. The number of aromatic nitrogens is 1. The average Bonchev–Trinajstić information content (AvgIpc) is 3.48. The van der Waals surface area contributed by atoms with E-state index in [1.807, 2.05) is 54.6 Å². The molecule has 5 atom stereocenters. The van der Waals surface area contributed by atoms with Crippen molar-refractivity contribution in [2.45, 2.75) is 29.4 Å². The highest BCUT2D eigenvalue weighted by atomic mass is 16.5. The summed E-state index contributed by atoms with van der Waals surface area (Å²) < 4.78 is 5.89. The maximum absolute atomic E-state index is 15.4. The number of likely N-dealkylation sites (tertiary alicyclic amines) is 1. The number of para-hydroxylation sites is 2. The predicted octanol–water partition coefficient (Wildman–Crippen LogP) is 5.89. The Balaban J connectivity index is 1.46. The summed E-state index contributed by atoms with van der Waals surface area (Å²) in [5, 5.41) is 16.6. The Kier molecular flexibility index (Phi) is 4.07. The molecule has 1 aliphatic heterocycles. The van der Waals surface area contributed by atoms with Crippen LogP contribution in [0.4, 0.5) is 0 Å². The number of carbonyl (C=O) groups is 1. The second kappa shape index (κ2) is 7.17. The first-order chi connectivity index (χ1) is 19.5. The Labute approximate surface area is 232 Å². The van der Waals surface area contributed by atoms with Gasteiger partial charge in [-0.3, -0.25) is 14.7 Å². The molecule has 2 heterocycles. The molecule has 9 rings (SSSR count). The summed E-state index contributed by atoms with van der Waals surface area (Å²) in [6, 6.07) is 30.6. The lowest BCUT2D eigenvalue weighted by Gasteiger charge is -2.48. The van der Waals surface area contributed by atoms with E-state index in [-0.39, 0.29) is 17.6 Å². The Morgan fingerprint density at radius 2 is 1.62 bits per heavy atom. The molecule has 5 nitrogen and oxygen atoms in total. The number of pyridine rings is 1. The topological polar surface area (TPSA) is 62.7 Å². The molecule has 196 valence electrons. The van der Waals surface area contributed by atoms with Crippen molar-refractivity contribution in [2.24, 2.45) is 5.41 Å². The van der Waals surface area contributed by atoms with Crippen molar-refractivity contribution in [1.29, 1.82) is 0 Å². The highest BCUT2D eigenvalue weighted by molar-refractivity contribution is 6.10. The number of nitrogens with zero attached hydrogens (tertiary/aromatic N) is 2. The lowest BCUT2D eigenvalue weighted by Crippen LogP contribution is -2.58. The monoisotopic (exact) mass is 524 g/mol. The Morgan fingerprint density at radius 1 is 0.900 bits per heavy atom. The molecule has 4 aromatic carbocycles. The SMILES string of the molecule is COc1ccccc1[C@H]1CN(C)[C@@]23c4cccc5cccc(c45)[C@]2(O)[C@H]2C[C@@]13C(=O)c1cc3ccccc3nc12. The molecular weight excluding hydrogens is 496 g/mol. The number of likely N-dealkylation sites (N-methyl/N-ethyl adjacent to an activating group) is 1. The van der Waals surface area contributed by atoms with Gasteiger partial charge >= 0.3 is 0 Å². The van der Waals surface area contributed by atoms with E-state index in [0.29, 0.717) is 18.5 Å². The maximum Gasteiger partial charge on any atom is 0.173 e. The number of fused-ring (bicyclic) bond motifs is 6. The van der Waals surface area contributed by atoms with E-state index in [1.54, 1.807) is 7.11 Å². The van der Waals surface area contributed by atoms with Crippen LogP contribution < -0.4 is 4.74 Å².